The minimum Gasteiger partial charge on any atom is -0.497 e. The summed E-state index contributed by atoms with van der Waals surface area (Å²) in [5.74, 6) is 1.70. The van der Waals surface area contributed by atoms with Crippen molar-refractivity contribution >= 4 is 17.2 Å². The predicted molar refractivity (Wildman–Crippen MR) is 109 cm³/mol. The second kappa shape index (κ2) is 9.09. The Morgan fingerprint density at radius 2 is 1.89 bits per heavy atom. The number of carbonyl (C=O) groups is 1. The Kier molecular flexibility index (Phi) is 6.85. The van der Waals surface area contributed by atoms with Gasteiger partial charge in [0.1, 0.15) is 17.3 Å². The van der Waals surface area contributed by atoms with Crippen molar-refractivity contribution in [2.75, 3.05) is 28.4 Å². The average Bonchev–Trinajstić information content (AvgIpc) is 3.19. The zero-order chi connectivity index (χ0) is 20.0. The molecule has 1 aromatic heterocycles. The van der Waals surface area contributed by atoms with Crippen molar-refractivity contribution in [2.24, 2.45) is 0 Å². The number of amides is 1. The minimum absolute atomic E-state index is 0.145. The number of hydrogen-bond acceptors (Lipinski definition) is 5. The van der Waals surface area contributed by atoms with E-state index in [1.807, 2.05) is 24.3 Å². The largest absolute Gasteiger partial charge is 0.497 e. The van der Waals surface area contributed by atoms with Gasteiger partial charge in [-0.2, -0.15) is 0 Å². The number of likely N-dealkylation sites (N-methyl/N-ethyl adjacent to an activating group) is 1. The summed E-state index contributed by atoms with van der Waals surface area (Å²) in [6.45, 7) is 7.50. The second-order valence-electron chi connectivity index (χ2n) is 5.54. The molecule has 0 unspecified atom stereocenters. The van der Waals surface area contributed by atoms with Gasteiger partial charge in [0.25, 0.3) is 5.91 Å². The van der Waals surface area contributed by atoms with Crippen molar-refractivity contribution in [2.45, 2.75) is 0 Å². The molecule has 1 amide bonds. The summed E-state index contributed by atoms with van der Waals surface area (Å²) in [5.41, 5.74) is 1.50. The van der Waals surface area contributed by atoms with Crippen LogP contribution in [-0.2, 0) is 4.74 Å². The number of rotatable bonds is 8. The van der Waals surface area contributed by atoms with Crippen LogP contribution < -0.4 is 9.47 Å². The van der Waals surface area contributed by atoms with Crippen molar-refractivity contribution in [3.63, 3.8) is 0 Å². The van der Waals surface area contributed by atoms with Crippen molar-refractivity contribution < 1.29 is 19.0 Å². The number of ether oxygens (including phenoxy) is 3. The Labute approximate surface area is 163 Å². The van der Waals surface area contributed by atoms with Crippen LogP contribution >= 0.6 is 11.3 Å². The van der Waals surface area contributed by atoms with Crippen LogP contribution in [0.5, 0.6) is 11.5 Å². The lowest BCUT2D eigenvalue weighted by Crippen LogP contribution is -2.24. The molecule has 0 atom stereocenters. The van der Waals surface area contributed by atoms with Gasteiger partial charge in [-0.3, -0.25) is 4.79 Å². The summed E-state index contributed by atoms with van der Waals surface area (Å²) >= 11 is 1.39. The number of hydrogen-bond donors (Lipinski definition) is 0. The standard InChI is InChI=1S/C21H23NO4S/c1-7-15(12-14(2)24-4)22(3)21(23)20-11-10-19(27-20)17-9-8-16(25-5)13-18(17)26-6/h7-13H,1-2H2,3-6H3/b15-12+. The molecule has 2 aromatic rings. The van der Waals surface area contributed by atoms with Gasteiger partial charge in [0.2, 0.25) is 0 Å². The smallest absolute Gasteiger partial charge is 0.268 e. The maximum Gasteiger partial charge on any atom is 0.268 e. The predicted octanol–water partition coefficient (Wildman–Crippen LogP) is 4.73. The average molecular weight is 385 g/mol. The van der Waals surface area contributed by atoms with Crippen LogP contribution in [0.15, 0.2) is 67.1 Å². The van der Waals surface area contributed by atoms with Gasteiger partial charge in [0, 0.05) is 35.3 Å². The number of methoxy groups -OCH3 is 3. The maximum atomic E-state index is 12.8. The summed E-state index contributed by atoms with van der Waals surface area (Å²) in [5, 5.41) is 0. The topological polar surface area (TPSA) is 48.0 Å². The molecule has 0 aliphatic carbocycles. The SMILES string of the molecule is C=C/C(=C\C(=C)OC)N(C)C(=O)c1ccc(-c2ccc(OC)cc2OC)s1. The fourth-order valence-electron chi connectivity index (χ4n) is 2.40. The lowest BCUT2D eigenvalue weighted by Gasteiger charge is -2.17. The molecule has 5 nitrogen and oxygen atoms in total. The van der Waals surface area contributed by atoms with E-state index in [4.69, 9.17) is 14.2 Å². The van der Waals surface area contributed by atoms with Gasteiger partial charge in [-0.1, -0.05) is 13.2 Å². The monoisotopic (exact) mass is 385 g/mol. The molecule has 0 radical (unpaired) electrons. The van der Waals surface area contributed by atoms with Crippen molar-refractivity contribution in [1.82, 2.24) is 4.90 Å². The fraction of sp³-hybridized carbons (Fsp3) is 0.190. The first-order valence-corrected chi connectivity index (χ1v) is 8.94. The third kappa shape index (κ3) is 4.60. The first-order valence-electron chi connectivity index (χ1n) is 8.12. The van der Waals surface area contributed by atoms with Crippen LogP contribution in [0, 0.1) is 0 Å². The van der Waals surface area contributed by atoms with E-state index in [0.29, 0.717) is 27.8 Å². The molecular weight excluding hydrogens is 362 g/mol. The fourth-order valence-corrected chi connectivity index (χ4v) is 3.41. The van der Waals surface area contributed by atoms with Crippen LogP contribution in [0.1, 0.15) is 9.67 Å². The lowest BCUT2D eigenvalue weighted by atomic mass is 10.1. The summed E-state index contributed by atoms with van der Waals surface area (Å²) in [4.78, 5) is 15.9. The van der Waals surface area contributed by atoms with E-state index in [0.717, 1.165) is 10.4 Å². The Balaban J connectivity index is 2.32. The minimum atomic E-state index is -0.145. The van der Waals surface area contributed by atoms with Gasteiger partial charge in [-0.25, -0.2) is 0 Å². The number of allylic oxidation sites excluding steroid dienone is 2. The van der Waals surface area contributed by atoms with E-state index in [1.165, 1.54) is 23.3 Å². The van der Waals surface area contributed by atoms with Crippen LogP contribution in [0.4, 0.5) is 0 Å². The Bertz CT molecular complexity index is 882. The van der Waals surface area contributed by atoms with Crippen molar-refractivity contribution in [1.29, 1.82) is 0 Å². The van der Waals surface area contributed by atoms with Crippen molar-refractivity contribution in [3.8, 4) is 21.9 Å². The molecule has 0 aliphatic rings. The quantitative estimate of drug-likeness (QED) is 0.487. The third-order valence-corrected chi connectivity index (χ3v) is 5.07. The Hall–Kier alpha value is -2.99. The second-order valence-corrected chi connectivity index (χ2v) is 6.62. The molecule has 1 aromatic carbocycles. The van der Waals surface area contributed by atoms with Gasteiger partial charge in [0.05, 0.1) is 26.2 Å². The molecule has 2 rings (SSSR count). The van der Waals surface area contributed by atoms with E-state index >= 15 is 0 Å². The molecule has 1 heterocycles. The van der Waals surface area contributed by atoms with Crippen LogP contribution in [0.2, 0.25) is 0 Å². The Morgan fingerprint density at radius 3 is 2.48 bits per heavy atom. The lowest BCUT2D eigenvalue weighted by molar-refractivity contribution is 0.0844. The number of nitrogens with zero attached hydrogens (tertiary/aromatic N) is 1. The zero-order valence-electron chi connectivity index (χ0n) is 15.9. The first kappa shape index (κ1) is 20.3. The number of carbonyl (C=O) groups excluding carboxylic acids is 1. The summed E-state index contributed by atoms with van der Waals surface area (Å²) in [7, 11) is 6.42. The van der Waals surface area contributed by atoms with E-state index in [-0.39, 0.29) is 5.91 Å². The highest BCUT2D eigenvalue weighted by molar-refractivity contribution is 7.17. The van der Waals surface area contributed by atoms with Crippen LogP contribution in [0.25, 0.3) is 10.4 Å². The summed E-state index contributed by atoms with van der Waals surface area (Å²) < 4.78 is 15.7. The van der Waals surface area contributed by atoms with Gasteiger partial charge in [-0.05, 0) is 30.3 Å². The first-order chi connectivity index (χ1) is 12.9. The van der Waals surface area contributed by atoms with Crippen molar-refractivity contribution in [3.05, 3.63) is 72.0 Å². The van der Waals surface area contributed by atoms with E-state index < -0.39 is 0 Å². The van der Waals surface area contributed by atoms with E-state index in [2.05, 4.69) is 13.2 Å². The molecule has 27 heavy (non-hydrogen) atoms. The molecule has 0 aliphatic heterocycles. The van der Waals surface area contributed by atoms with Crippen LogP contribution in [0.3, 0.4) is 0 Å². The summed E-state index contributed by atoms with van der Waals surface area (Å²) in [6, 6.07) is 9.30. The van der Waals surface area contributed by atoms with Gasteiger partial charge in [-0.15, -0.1) is 11.3 Å². The molecule has 0 N–H and O–H groups in total. The molecule has 0 bridgehead atoms. The Morgan fingerprint density at radius 1 is 1.15 bits per heavy atom. The molecule has 6 heteroatoms. The molecule has 142 valence electrons. The maximum absolute atomic E-state index is 12.8. The molecular formula is C21H23NO4S. The summed E-state index contributed by atoms with van der Waals surface area (Å²) in [6.07, 6.45) is 3.25. The van der Waals surface area contributed by atoms with E-state index in [9.17, 15) is 4.79 Å². The molecule has 0 saturated heterocycles. The highest BCUT2D eigenvalue weighted by atomic mass is 32.1. The highest BCUT2D eigenvalue weighted by Gasteiger charge is 2.18. The number of benzene rings is 1. The molecule has 0 saturated carbocycles. The van der Waals surface area contributed by atoms with E-state index in [1.54, 1.807) is 39.5 Å². The highest BCUT2D eigenvalue weighted by Crippen LogP contribution is 2.37. The van der Waals surface area contributed by atoms with Crippen LogP contribution in [-0.4, -0.2) is 39.2 Å². The van der Waals surface area contributed by atoms with Gasteiger partial charge in [0.15, 0.2) is 0 Å². The molecule has 0 spiro atoms. The van der Waals surface area contributed by atoms with Gasteiger partial charge >= 0.3 is 0 Å². The third-order valence-electron chi connectivity index (χ3n) is 3.96. The molecule has 0 fully saturated rings. The zero-order valence-corrected chi connectivity index (χ0v) is 16.8. The normalized spacial score (nSPS) is 10.9. The van der Waals surface area contributed by atoms with Gasteiger partial charge < -0.3 is 19.1 Å². The number of thiophene rings is 1.